The lowest BCUT2D eigenvalue weighted by molar-refractivity contribution is 0.361. The molecular formula is C17H25BrFN. The van der Waals surface area contributed by atoms with Gasteiger partial charge in [0.05, 0.1) is 4.47 Å². The van der Waals surface area contributed by atoms with Gasteiger partial charge in [-0.2, -0.15) is 0 Å². The number of benzene rings is 1. The van der Waals surface area contributed by atoms with Crippen LogP contribution in [0.15, 0.2) is 22.7 Å². The molecule has 0 aromatic heterocycles. The van der Waals surface area contributed by atoms with Crippen LogP contribution in [-0.4, -0.2) is 13.1 Å². The molecule has 2 rings (SSSR count). The van der Waals surface area contributed by atoms with Gasteiger partial charge in [-0.05, 0) is 59.4 Å². The van der Waals surface area contributed by atoms with E-state index in [1.54, 1.807) is 6.07 Å². The fourth-order valence-electron chi connectivity index (χ4n) is 3.26. The summed E-state index contributed by atoms with van der Waals surface area (Å²) in [5, 5.41) is 3.44. The number of hydrogen-bond donors (Lipinski definition) is 1. The summed E-state index contributed by atoms with van der Waals surface area (Å²) in [6.45, 7) is 0. The Hall–Kier alpha value is -0.410. The number of nitrogens with one attached hydrogen (secondary N) is 1. The van der Waals surface area contributed by atoms with Crippen LogP contribution >= 0.6 is 15.9 Å². The molecule has 1 nitrogen and oxygen atoms in total. The van der Waals surface area contributed by atoms with Gasteiger partial charge in [0.25, 0.3) is 0 Å². The van der Waals surface area contributed by atoms with Crippen molar-refractivity contribution in [2.45, 2.75) is 57.4 Å². The van der Waals surface area contributed by atoms with Crippen LogP contribution in [0.25, 0.3) is 0 Å². The Bertz CT molecular complexity index is 413. The van der Waals surface area contributed by atoms with E-state index in [1.165, 1.54) is 50.5 Å². The van der Waals surface area contributed by atoms with Gasteiger partial charge < -0.3 is 5.32 Å². The van der Waals surface area contributed by atoms with E-state index in [2.05, 4.69) is 21.2 Å². The molecule has 0 aliphatic heterocycles. The molecule has 0 bridgehead atoms. The average Bonchev–Trinajstić information content (AvgIpc) is 2.71. The van der Waals surface area contributed by atoms with Crippen LogP contribution in [0.4, 0.5) is 4.39 Å². The van der Waals surface area contributed by atoms with Gasteiger partial charge in [-0.1, -0.05) is 44.6 Å². The molecule has 1 fully saturated rings. The van der Waals surface area contributed by atoms with E-state index in [0.717, 1.165) is 12.3 Å². The Morgan fingerprint density at radius 1 is 1.25 bits per heavy atom. The molecule has 1 atom stereocenters. The smallest absolute Gasteiger partial charge is 0.137 e. The topological polar surface area (TPSA) is 12.0 Å². The SMILES string of the molecule is CNC(Cc1ccc(F)c(Br)c1)CC1CCCCCC1. The standard InChI is InChI=1S/C17H25BrFN/c1-20-15(10-13-6-4-2-3-5-7-13)11-14-8-9-17(19)16(18)12-14/h8-9,12-13,15,20H,2-7,10-11H2,1H3. The summed E-state index contributed by atoms with van der Waals surface area (Å²) < 4.78 is 13.8. The molecule has 3 heteroatoms. The van der Waals surface area contributed by atoms with Crippen LogP contribution in [0.2, 0.25) is 0 Å². The second kappa shape index (κ2) is 8.14. The molecule has 1 aromatic rings. The van der Waals surface area contributed by atoms with E-state index in [4.69, 9.17) is 0 Å². The minimum Gasteiger partial charge on any atom is -0.317 e. The van der Waals surface area contributed by atoms with Crippen LogP contribution in [0.5, 0.6) is 0 Å². The summed E-state index contributed by atoms with van der Waals surface area (Å²) >= 11 is 3.27. The van der Waals surface area contributed by atoms with Gasteiger partial charge in [-0.15, -0.1) is 0 Å². The summed E-state index contributed by atoms with van der Waals surface area (Å²) in [5.41, 5.74) is 1.20. The maximum absolute atomic E-state index is 13.3. The molecule has 0 amide bonds. The highest BCUT2D eigenvalue weighted by molar-refractivity contribution is 9.10. The Morgan fingerprint density at radius 2 is 1.95 bits per heavy atom. The molecule has 20 heavy (non-hydrogen) atoms. The summed E-state index contributed by atoms with van der Waals surface area (Å²) in [4.78, 5) is 0. The normalized spacial score (nSPS) is 18.8. The monoisotopic (exact) mass is 341 g/mol. The van der Waals surface area contributed by atoms with Gasteiger partial charge in [-0.3, -0.25) is 0 Å². The maximum Gasteiger partial charge on any atom is 0.137 e. The number of likely N-dealkylation sites (N-methyl/N-ethyl adjacent to an activating group) is 1. The highest BCUT2D eigenvalue weighted by Gasteiger charge is 2.17. The molecule has 1 aliphatic rings. The molecule has 0 saturated heterocycles. The van der Waals surface area contributed by atoms with E-state index in [9.17, 15) is 4.39 Å². The van der Waals surface area contributed by atoms with Crippen molar-refractivity contribution >= 4 is 15.9 Å². The van der Waals surface area contributed by atoms with Gasteiger partial charge in [0.1, 0.15) is 5.82 Å². The third-order valence-corrected chi connectivity index (χ3v) is 5.07. The summed E-state index contributed by atoms with van der Waals surface area (Å²) in [7, 11) is 2.04. The van der Waals surface area contributed by atoms with Crippen molar-refractivity contribution in [1.82, 2.24) is 5.32 Å². The average molecular weight is 342 g/mol. The molecule has 1 saturated carbocycles. The summed E-state index contributed by atoms with van der Waals surface area (Å²) in [6.07, 6.45) is 10.6. The lowest BCUT2D eigenvalue weighted by Crippen LogP contribution is -2.30. The molecule has 0 spiro atoms. The molecule has 1 aromatic carbocycles. The van der Waals surface area contributed by atoms with E-state index < -0.39 is 0 Å². The lowest BCUT2D eigenvalue weighted by Gasteiger charge is -2.22. The van der Waals surface area contributed by atoms with Crippen LogP contribution in [0.1, 0.15) is 50.5 Å². The second-order valence-corrected chi connectivity index (χ2v) is 6.89. The van der Waals surface area contributed by atoms with Gasteiger partial charge >= 0.3 is 0 Å². The molecular weight excluding hydrogens is 317 g/mol. The Morgan fingerprint density at radius 3 is 2.55 bits per heavy atom. The van der Waals surface area contributed by atoms with Crippen molar-refractivity contribution in [2.24, 2.45) is 5.92 Å². The first-order valence-corrected chi connectivity index (χ1v) is 8.59. The zero-order valence-electron chi connectivity index (χ0n) is 12.3. The fourth-order valence-corrected chi connectivity index (χ4v) is 3.68. The van der Waals surface area contributed by atoms with Crippen molar-refractivity contribution in [3.8, 4) is 0 Å². The zero-order chi connectivity index (χ0) is 14.4. The van der Waals surface area contributed by atoms with E-state index >= 15 is 0 Å². The van der Waals surface area contributed by atoms with Crippen LogP contribution in [0, 0.1) is 11.7 Å². The highest BCUT2D eigenvalue weighted by Crippen LogP contribution is 2.27. The molecule has 1 N–H and O–H groups in total. The van der Waals surface area contributed by atoms with Crippen molar-refractivity contribution < 1.29 is 4.39 Å². The minimum atomic E-state index is -0.182. The van der Waals surface area contributed by atoms with Crippen molar-refractivity contribution in [1.29, 1.82) is 0 Å². The predicted octanol–water partition coefficient (Wildman–Crippen LogP) is 5.08. The molecule has 0 radical (unpaired) electrons. The second-order valence-electron chi connectivity index (χ2n) is 6.03. The van der Waals surface area contributed by atoms with Gasteiger partial charge in [0.2, 0.25) is 0 Å². The summed E-state index contributed by atoms with van der Waals surface area (Å²) in [6, 6.07) is 5.86. The number of rotatable bonds is 5. The van der Waals surface area contributed by atoms with Gasteiger partial charge in [0.15, 0.2) is 0 Å². The van der Waals surface area contributed by atoms with Crippen molar-refractivity contribution in [2.75, 3.05) is 7.05 Å². The Labute approximate surface area is 130 Å². The first-order valence-electron chi connectivity index (χ1n) is 7.80. The maximum atomic E-state index is 13.3. The fraction of sp³-hybridized carbons (Fsp3) is 0.647. The third-order valence-electron chi connectivity index (χ3n) is 4.47. The Balaban J connectivity index is 1.92. The predicted molar refractivity (Wildman–Crippen MR) is 86.5 cm³/mol. The Kier molecular flexibility index (Phi) is 6.50. The van der Waals surface area contributed by atoms with Crippen LogP contribution < -0.4 is 5.32 Å². The van der Waals surface area contributed by atoms with Crippen molar-refractivity contribution in [3.05, 3.63) is 34.1 Å². The molecule has 112 valence electrons. The molecule has 1 aliphatic carbocycles. The van der Waals surface area contributed by atoms with Crippen molar-refractivity contribution in [3.63, 3.8) is 0 Å². The molecule has 1 unspecified atom stereocenters. The molecule has 0 heterocycles. The minimum absolute atomic E-state index is 0.182. The number of halogens is 2. The van der Waals surface area contributed by atoms with E-state index in [0.29, 0.717) is 10.5 Å². The van der Waals surface area contributed by atoms with Crippen LogP contribution in [-0.2, 0) is 6.42 Å². The quantitative estimate of drug-likeness (QED) is 0.736. The van der Waals surface area contributed by atoms with E-state index in [-0.39, 0.29) is 5.82 Å². The lowest BCUT2D eigenvalue weighted by atomic mass is 9.90. The van der Waals surface area contributed by atoms with Gasteiger partial charge in [-0.25, -0.2) is 4.39 Å². The van der Waals surface area contributed by atoms with Crippen LogP contribution in [0.3, 0.4) is 0 Å². The zero-order valence-corrected chi connectivity index (χ0v) is 13.9. The van der Waals surface area contributed by atoms with Gasteiger partial charge in [0, 0.05) is 6.04 Å². The highest BCUT2D eigenvalue weighted by atomic mass is 79.9. The summed E-state index contributed by atoms with van der Waals surface area (Å²) in [5.74, 6) is 0.678. The van der Waals surface area contributed by atoms with E-state index in [1.807, 2.05) is 19.2 Å². The first kappa shape index (κ1) is 16.0. The first-order chi connectivity index (χ1) is 9.69. The third kappa shape index (κ3) is 4.85. The number of hydrogen-bond acceptors (Lipinski definition) is 1. The largest absolute Gasteiger partial charge is 0.317 e.